The summed E-state index contributed by atoms with van der Waals surface area (Å²) in [6, 6.07) is 12.4. The van der Waals surface area contributed by atoms with Crippen molar-refractivity contribution in [1.29, 1.82) is 0 Å². The first-order valence-corrected chi connectivity index (χ1v) is 6.68. The molecule has 1 atom stereocenters. The van der Waals surface area contributed by atoms with E-state index >= 15 is 0 Å². The maximum atomic E-state index is 13.9. The Morgan fingerprint density at radius 3 is 2.16 bits per heavy atom. The summed E-state index contributed by atoms with van der Waals surface area (Å²) in [5, 5.41) is 0.103. The number of rotatable bonds is 3. The number of halogens is 2. The van der Waals surface area contributed by atoms with Crippen LogP contribution in [0.4, 0.5) is 4.39 Å². The third-order valence-electron chi connectivity index (χ3n) is 3.28. The minimum Gasteiger partial charge on any atom is -0.320 e. The van der Waals surface area contributed by atoms with E-state index in [1.165, 1.54) is 11.6 Å². The Morgan fingerprint density at radius 1 is 1.00 bits per heavy atom. The topological polar surface area (TPSA) is 26.0 Å². The Bertz CT molecular complexity index is 563. The molecule has 3 heteroatoms. The zero-order chi connectivity index (χ0) is 14.0. The van der Waals surface area contributed by atoms with Crippen molar-refractivity contribution in [2.24, 2.45) is 5.73 Å². The molecule has 0 saturated heterocycles. The van der Waals surface area contributed by atoms with Gasteiger partial charge in [0.25, 0.3) is 0 Å². The van der Waals surface area contributed by atoms with Crippen molar-refractivity contribution in [3.8, 4) is 0 Å². The van der Waals surface area contributed by atoms with Crippen LogP contribution in [0.2, 0.25) is 5.02 Å². The zero-order valence-corrected chi connectivity index (χ0v) is 11.8. The number of benzene rings is 2. The van der Waals surface area contributed by atoms with Crippen molar-refractivity contribution in [1.82, 2.24) is 0 Å². The highest BCUT2D eigenvalue weighted by Gasteiger charge is 2.15. The van der Waals surface area contributed by atoms with Gasteiger partial charge in [0, 0.05) is 5.56 Å². The van der Waals surface area contributed by atoms with E-state index < -0.39 is 11.9 Å². The van der Waals surface area contributed by atoms with Crippen molar-refractivity contribution in [2.45, 2.75) is 25.8 Å². The lowest BCUT2D eigenvalue weighted by atomic mass is 9.95. The van der Waals surface area contributed by atoms with Crippen molar-refractivity contribution in [3.63, 3.8) is 0 Å². The average Bonchev–Trinajstić information content (AvgIpc) is 2.41. The summed E-state index contributed by atoms with van der Waals surface area (Å²) >= 11 is 5.78. The molecule has 0 saturated carbocycles. The van der Waals surface area contributed by atoms with Crippen molar-refractivity contribution >= 4 is 11.6 Å². The largest absolute Gasteiger partial charge is 0.320 e. The highest BCUT2D eigenvalue weighted by Crippen LogP contribution is 2.27. The highest BCUT2D eigenvalue weighted by atomic mass is 35.5. The van der Waals surface area contributed by atoms with Crippen molar-refractivity contribution in [2.75, 3.05) is 0 Å². The molecule has 1 unspecified atom stereocenters. The van der Waals surface area contributed by atoms with E-state index in [-0.39, 0.29) is 5.02 Å². The van der Waals surface area contributed by atoms with Crippen LogP contribution < -0.4 is 5.73 Å². The Hall–Kier alpha value is -1.38. The van der Waals surface area contributed by atoms with Gasteiger partial charge in [-0.2, -0.15) is 0 Å². The van der Waals surface area contributed by atoms with E-state index in [1.54, 1.807) is 12.1 Å². The molecule has 19 heavy (non-hydrogen) atoms. The molecule has 0 aromatic heterocycles. The van der Waals surface area contributed by atoms with Crippen LogP contribution in [0, 0.1) is 5.82 Å². The molecule has 0 heterocycles. The SMILES string of the molecule is CC(C)c1ccc(C(N)c2cccc(Cl)c2F)cc1. The molecule has 2 aromatic carbocycles. The molecule has 0 aliphatic rings. The molecular formula is C16H17ClFN. The standard InChI is InChI=1S/C16H17ClFN/c1-10(2)11-6-8-12(9-7-11)16(19)13-4-3-5-14(17)15(13)18/h3-10,16H,19H2,1-2H3. The molecule has 2 N–H and O–H groups in total. The summed E-state index contributed by atoms with van der Waals surface area (Å²) in [6.45, 7) is 4.26. The van der Waals surface area contributed by atoms with Gasteiger partial charge in [-0.3, -0.25) is 0 Å². The van der Waals surface area contributed by atoms with Gasteiger partial charge in [-0.05, 0) is 23.1 Å². The maximum absolute atomic E-state index is 13.9. The first-order chi connectivity index (χ1) is 9.00. The Morgan fingerprint density at radius 2 is 1.58 bits per heavy atom. The minimum absolute atomic E-state index is 0.103. The number of nitrogens with two attached hydrogens (primary N) is 1. The molecule has 0 fully saturated rings. The molecule has 0 bridgehead atoms. The van der Waals surface area contributed by atoms with Gasteiger partial charge >= 0.3 is 0 Å². The quantitative estimate of drug-likeness (QED) is 0.868. The van der Waals surface area contributed by atoms with Crippen LogP contribution in [0.1, 0.15) is 42.5 Å². The Labute approximate surface area is 118 Å². The van der Waals surface area contributed by atoms with Gasteiger partial charge in [0.2, 0.25) is 0 Å². The number of hydrogen-bond donors (Lipinski definition) is 1. The first-order valence-electron chi connectivity index (χ1n) is 6.30. The van der Waals surface area contributed by atoms with Crippen LogP contribution in [0.5, 0.6) is 0 Å². The average molecular weight is 278 g/mol. The molecule has 100 valence electrons. The van der Waals surface area contributed by atoms with Crippen LogP contribution in [-0.2, 0) is 0 Å². The molecule has 1 nitrogen and oxygen atoms in total. The third-order valence-corrected chi connectivity index (χ3v) is 3.57. The van der Waals surface area contributed by atoms with E-state index in [0.29, 0.717) is 11.5 Å². The van der Waals surface area contributed by atoms with Crippen LogP contribution in [-0.4, -0.2) is 0 Å². The summed E-state index contributed by atoms with van der Waals surface area (Å²) in [7, 11) is 0. The summed E-state index contributed by atoms with van der Waals surface area (Å²) in [5.74, 6) is 0.0257. The first kappa shape index (κ1) is 14.0. The maximum Gasteiger partial charge on any atom is 0.146 e. The van der Waals surface area contributed by atoms with Crippen molar-refractivity contribution in [3.05, 3.63) is 70.0 Å². The van der Waals surface area contributed by atoms with E-state index in [4.69, 9.17) is 17.3 Å². The normalized spacial score (nSPS) is 12.7. The predicted octanol–water partition coefficient (Wildman–Crippen LogP) is 4.65. The van der Waals surface area contributed by atoms with Gasteiger partial charge in [-0.25, -0.2) is 4.39 Å². The molecule has 2 rings (SSSR count). The second-order valence-corrected chi connectivity index (χ2v) is 5.35. The fraction of sp³-hybridized carbons (Fsp3) is 0.250. The molecule has 0 aliphatic carbocycles. The molecule has 0 amide bonds. The zero-order valence-electron chi connectivity index (χ0n) is 11.0. The summed E-state index contributed by atoms with van der Waals surface area (Å²) in [6.07, 6.45) is 0. The van der Waals surface area contributed by atoms with Crippen LogP contribution in [0.15, 0.2) is 42.5 Å². The highest BCUT2D eigenvalue weighted by molar-refractivity contribution is 6.30. The van der Waals surface area contributed by atoms with Gasteiger partial charge < -0.3 is 5.73 Å². The molecule has 0 spiro atoms. The number of hydrogen-bond acceptors (Lipinski definition) is 1. The Kier molecular flexibility index (Phi) is 4.23. The summed E-state index contributed by atoms with van der Waals surface area (Å²) in [4.78, 5) is 0. The lowest BCUT2D eigenvalue weighted by Gasteiger charge is -2.15. The smallest absolute Gasteiger partial charge is 0.146 e. The van der Waals surface area contributed by atoms with Gasteiger partial charge in [-0.1, -0.05) is 61.8 Å². The summed E-state index contributed by atoms with van der Waals surface area (Å²) in [5.41, 5.74) is 8.65. The second kappa shape index (κ2) is 5.72. The fourth-order valence-electron chi connectivity index (χ4n) is 2.03. The monoisotopic (exact) mass is 277 g/mol. The summed E-state index contributed by atoms with van der Waals surface area (Å²) < 4.78 is 13.9. The van der Waals surface area contributed by atoms with E-state index in [2.05, 4.69) is 13.8 Å². The van der Waals surface area contributed by atoms with Crippen molar-refractivity contribution < 1.29 is 4.39 Å². The van der Waals surface area contributed by atoms with Gasteiger partial charge in [0.05, 0.1) is 11.1 Å². The lowest BCUT2D eigenvalue weighted by Crippen LogP contribution is -2.13. The molecule has 0 aliphatic heterocycles. The third kappa shape index (κ3) is 2.96. The lowest BCUT2D eigenvalue weighted by molar-refractivity contribution is 0.600. The predicted molar refractivity (Wildman–Crippen MR) is 78.0 cm³/mol. The molecular weight excluding hydrogens is 261 g/mol. The fourth-order valence-corrected chi connectivity index (χ4v) is 2.21. The van der Waals surface area contributed by atoms with E-state index in [1.807, 2.05) is 24.3 Å². The van der Waals surface area contributed by atoms with Crippen LogP contribution in [0.3, 0.4) is 0 Å². The minimum atomic E-state index is -0.500. The van der Waals surface area contributed by atoms with E-state index in [0.717, 1.165) is 5.56 Å². The Balaban J connectivity index is 2.33. The van der Waals surface area contributed by atoms with Crippen LogP contribution in [0.25, 0.3) is 0 Å². The van der Waals surface area contributed by atoms with Crippen LogP contribution >= 0.6 is 11.6 Å². The molecule has 0 radical (unpaired) electrons. The van der Waals surface area contributed by atoms with Gasteiger partial charge in [0.15, 0.2) is 0 Å². The van der Waals surface area contributed by atoms with E-state index in [9.17, 15) is 4.39 Å². The van der Waals surface area contributed by atoms with Gasteiger partial charge in [-0.15, -0.1) is 0 Å². The van der Waals surface area contributed by atoms with Gasteiger partial charge in [0.1, 0.15) is 5.82 Å². The second-order valence-electron chi connectivity index (χ2n) is 4.94. The molecule has 2 aromatic rings.